The van der Waals surface area contributed by atoms with Crippen molar-refractivity contribution in [3.8, 4) is 0 Å². The van der Waals surface area contributed by atoms with E-state index in [0.29, 0.717) is 11.8 Å². The molecule has 4 nitrogen and oxygen atoms in total. The maximum Gasteiger partial charge on any atom is 0.0654 e. The van der Waals surface area contributed by atoms with E-state index >= 15 is 0 Å². The van der Waals surface area contributed by atoms with Gasteiger partial charge >= 0.3 is 0 Å². The molecule has 33 heavy (non-hydrogen) atoms. The number of hydrogen-bond acceptors (Lipinski definition) is 4. The Balaban J connectivity index is 1.64. The Labute approximate surface area is 201 Å². The molecule has 0 bridgehead atoms. The lowest BCUT2D eigenvalue weighted by Crippen LogP contribution is -2.66. The fourth-order valence-corrected chi connectivity index (χ4v) is 9.92. The Morgan fingerprint density at radius 2 is 1.48 bits per heavy atom. The minimum atomic E-state index is -0.793. The molecule has 4 aliphatic rings. The van der Waals surface area contributed by atoms with Gasteiger partial charge in [0.1, 0.15) is 0 Å². The molecule has 4 fully saturated rings. The smallest absolute Gasteiger partial charge is 0.0654 e. The zero-order valence-corrected chi connectivity index (χ0v) is 22.1. The summed E-state index contributed by atoms with van der Waals surface area (Å²) in [6, 6.07) is 0. The fourth-order valence-electron chi connectivity index (χ4n) is 9.92. The minimum absolute atomic E-state index is 0.0479. The Morgan fingerprint density at radius 1 is 0.909 bits per heavy atom. The Kier molecular flexibility index (Phi) is 6.47. The van der Waals surface area contributed by atoms with Gasteiger partial charge in [0.2, 0.25) is 0 Å². The summed E-state index contributed by atoms with van der Waals surface area (Å²) in [5, 5.41) is 45.5. The molecule has 4 saturated carbocycles. The lowest BCUT2D eigenvalue weighted by molar-refractivity contribution is -0.241. The largest absolute Gasteiger partial charge is 0.393 e. The second-order valence-corrected chi connectivity index (χ2v) is 14.0. The van der Waals surface area contributed by atoms with E-state index in [1.54, 1.807) is 0 Å². The molecule has 190 valence electrons. The summed E-state index contributed by atoms with van der Waals surface area (Å²) in [6.45, 7) is 15.1. The maximum atomic E-state index is 11.6. The summed E-state index contributed by atoms with van der Waals surface area (Å²) in [4.78, 5) is 0. The molecular formula is C29H50O4. The molecule has 0 aliphatic heterocycles. The Bertz CT molecular complexity index is 768. The summed E-state index contributed by atoms with van der Waals surface area (Å²) in [7, 11) is 0. The lowest BCUT2D eigenvalue weighted by Gasteiger charge is -2.67. The zero-order valence-electron chi connectivity index (χ0n) is 22.1. The van der Waals surface area contributed by atoms with Crippen LogP contribution in [0, 0.1) is 45.8 Å². The van der Waals surface area contributed by atoms with Crippen molar-refractivity contribution in [2.45, 2.75) is 124 Å². The lowest BCUT2D eigenvalue weighted by atomic mass is 9.39. The summed E-state index contributed by atoms with van der Waals surface area (Å²) >= 11 is 0. The van der Waals surface area contributed by atoms with Crippen LogP contribution in [0.15, 0.2) is 11.6 Å². The predicted molar refractivity (Wildman–Crippen MR) is 132 cm³/mol. The molecule has 0 aromatic carbocycles. The van der Waals surface area contributed by atoms with E-state index < -0.39 is 17.8 Å². The number of hydrogen-bond donors (Lipinski definition) is 4. The highest BCUT2D eigenvalue weighted by Crippen LogP contribution is 2.71. The van der Waals surface area contributed by atoms with Gasteiger partial charge in [-0.15, -0.1) is 0 Å². The van der Waals surface area contributed by atoms with Crippen LogP contribution in [-0.4, -0.2) is 44.3 Å². The molecule has 0 aromatic rings. The molecular weight excluding hydrogens is 412 g/mol. The molecule has 0 aromatic heterocycles. The van der Waals surface area contributed by atoms with Crippen molar-refractivity contribution in [2.24, 2.45) is 45.8 Å². The van der Waals surface area contributed by atoms with Gasteiger partial charge in [0, 0.05) is 0 Å². The molecule has 0 radical (unpaired) electrons. The summed E-state index contributed by atoms with van der Waals surface area (Å²) in [5.41, 5.74) is 0.0144. The van der Waals surface area contributed by atoms with Gasteiger partial charge in [0.15, 0.2) is 0 Å². The van der Waals surface area contributed by atoms with Crippen molar-refractivity contribution in [2.75, 3.05) is 0 Å². The first-order valence-electron chi connectivity index (χ1n) is 13.6. The van der Waals surface area contributed by atoms with Gasteiger partial charge in [-0.2, -0.15) is 0 Å². The van der Waals surface area contributed by atoms with Gasteiger partial charge in [-0.05, 0) is 118 Å². The summed E-state index contributed by atoms with van der Waals surface area (Å²) in [6.07, 6.45) is 7.74. The highest BCUT2D eigenvalue weighted by Gasteiger charge is 2.68. The van der Waals surface area contributed by atoms with Crippen LogP contribution >= 0.6 is 0 Å². The van der Waals surface area contributed by atoms with E-state index in [9.17, 15) is 20.4 Å². The first-order valence-corrected chi connectivity index (χ1v) is 13.6. The normalized spacial score (nSPS) is 50.5. The summed E-state index contributed by atoms with van der Waals surface area (Å²) < 4.78 is 0. The van der Waals surface area contributed by atoms with Gasteiger partial charge in [-0.25, -0.2) is 0 Å². The molecule has 0 unspecified atom stereocenters. The molecule has 0 amide bonds. The van der Waals surface area contributed by atoms with Gasteiger partial charge in [-0.3, -0.25) is 0 Å². The van der Waals surface area contributed by atoms with E-state index in [2.05, 4.69) is 47.6 Å². The standard InChI is InChI=1S/C29H50O4/c1-17(2)9-8-12-29(7,33)18-10-13-27(5)19-16-22(31)25-26(3,4)23(32)11-14-28(25,6)20(19)15-21(30)24(18)27/h9,18-25,30-33H,8,10-16H2,1-7H3/t18-,19+,20-,21+,22-,23-,24-,25-,27+,28+,29-/m0/s1. The summed E-state index contributed by atoms with van der Waals surface area (Å²) in [5.74, 6) is 0.924. The molecule has 4 rings (SSSR count). The van der Waals surface area contributed by atoms with Crippen LogP contribution in [0.1, 0.15) is 99.8 Å². The zero-order chi connectivity index (χ0) is 24.6. The molecule has 0 heterocycles. The molecule has 4 N–H and O–H groups in total. The van der Waals surface area contributed by atoms with Gasteiger partial charge in [0.05, 0.1) is 23.9 Å². The van der Waals surface area contributed by atoms with Crippen LogP contribution in [0.25, 0.3) is 0 Å². The third kappa shape index (κ3) is 3.86. The van der Waals surface area contributed by atoms with E-state index in [4.69, 9.17) is 0 Å². The topological polar surface area (TPSA) is 80.9 Å². The predicted octanol–water partition coefficient (Wildman–Crippen LogP) is 5.08. The monoisotopic (exact) mass is 462 g/mol. The van der Waals surface area contributed by atoms with Gasteiger partial charge in [-0.1, -0.05) is 39.3 Å². The van der Waals surface area contributed by atoms with E-state index in [0.717, 1.165) is 51.4 Å². The van der Waals surface area contributed by atoms with E-state index in [1.165, 1.54) is 5.57 Å². The fraction of sp³-hybridized carbons (Fsp3) is 0.931. The first-order chi connectivity index (χ1) is 15.2. The van der Waals surface area contributed by atoms with Crippen LogP contribution in [-0.2, 0) is 0 Å². The van der Waals surface area contributed by atoms with E-state index in [1.807, 2.05) is 6.92 Å². The molecule has 11 atom stereocenters. The number of aliphatic hydroxyl groups is 4. The van der Waals surface area contributed by atoms with Gasteiger partial charge < -0.3 is 20.4 Å². The first kappa shape index (κ1) is 25.7. The average molecular weight is 463 g/mol. The second-order valence-electron chi connectivity index (χ2n) is 14.0. The van der Waals surface area contributed by atoms with Crippen LogP contribution in [0.4, 0.5) is 0 Å². The Hall–Kier alpha value is -0.420. The Morgan fingerprint density at radius 3 is 2.12 bits per heavy atom. The van der Waals surface area contributed by atoms with Crippen molar-refractivity contribution in [1.82, 2.24) is 0 Å². The quantitative estimate of drug-likeness (QED) is 0.439. The van der Waals surface area contributed by atoms with Crippen LogP contribution in [0.2, 0.25) is 0 Å². The SMILES string of the molecule is CC(C)=CCC[C@](C)(O)[C@H]1CC[C@@]2(C)[C@@H]1[C@H](O)C[C@H]1[C@H]2C[C@H](O)[C@H]2C(C)(C)[C@@H](O)CC[C@]12C. The van der Waals surface area contributed by atoms with Crippen LogP contribution in [0.3, 0.4) is 0 Å². The van der Waals surface area contributed by atoms with Crippen LogP contribution in [0.5, 0.6) is 0 Å². The van der Waals surface area contributed by atoms with Gasteiger partial charge in [0.25, 0.3) is 0 Å². The van der Waals surface area contributed by atoms with Crippen molar-refractivity contribution < 1.29 is 20.4 Å². The molecule has 0 spiro atoms. The highest BCUT2D eigenvalue weighted by molar-refractivity contribution is 5.17. The van der Waals surface area contributed by atoms with Crippen LogP contribution < -0.4 is 0 Å². The van der Waals surface area contributed by atoms with Crippen molar-refractivity contribution >= 4 is 0 Å². The average Bonchev–Trinajstić information content (AvgIpc) is 3.06. The number of fused-ring (bicyclic) bond motifs is 5. The third-order valence-corrected chi connectivity index (χ3v) is 11.5. The highest BCUT2D eigenvalue weighted by atomic mass is 16.3. The number of rotatable bonds is 4. The number of allylic oxidation sites excluding steroid dienone is 2. The molecule has 4 heteroatoms. The van der Waals surface area contributed by atoms with E-state index in [-0.39, 0.29) is 40.1 Å². The van der Waals surface area contributed by atoms with Crippen molar-refractivity contribution in [1.29, 1.82) is 0 Å². The molecule has 4 aliphatic carbocycles. The third-order valence-electron chi connectivity index (χ3n) is 11.5. The number of aliphatic hydroxyl groups excluding tert-OH is 3. The van der Waals surface area contributed by atoms with Crippen molar-refractivity contribution in [3.63, 3.8) is 0 Å². The maximum absolute atomic E-state index is 11.6. The minimum Gasteiger partial charge on any atom is -0.393 e. The second kappa shape index (κ2) is 8.32. The van der Waals surface area contributed by atoms with Crippen molar-refractivity contribution in [3.05, 3.63) is 11.6 Å². The molecule has 0 saturated heterocycles.